The molecule has 4 N–H and O–H groups in total. The summed E-state index contributed by atoms with van der Waals surface area (Å²) in [6.45, 7) is 0.918. The molecule has 0 spiro atoms. The number of pyridine rings is 1. The second-order valence-corrected chi connectivity index (χ2v) is 13.3. The topological polar surface area (TPSA) is 122 Å². The molecule has 3 aliphatic heterocycles. The van der Waals surface area contributed by atoms with Crippen LogP contribution in [0.1, 0.15) is 65.2 Å². The number of carbonyl (C=O) groups is 2. The summed E-state index contributed by atoms with van der Waals surface area (Å²) in [5, 5.41) is 25.2. The van der Waals surface area contributed by atoms with Gasteiger partial charge in [-0.3, -0.25) is 9.59 Å². The van der Waals surface area contributed by atoms with Crippen molar-refractivity contribution in [2.75, 3.05) is 31.1 Å². The van der Waals surface area contributed by atoms with E-state index >= 15 is 0 Å². The number of nitrogens with zero attached hydrogens (tertiary/aromatic N) is 3. The molecular formula is C37H38F6N6O3. The first-order chi connectivity index (χ1) is 24.7. The van der Waals surface area contributed by atoms with Crippen molar-refractivity contribution < 1.29 is 41.0 Å². The molecular weight excluding hydrogens is 690 g/mol. The van der Waals surface area contributed by atoms with Crippen LogP contribution < -0.4 is 15.5 Å². The van der Waals surface area contributed by atoms with Crippen molar-refractivity contribution in [1.29, 1.82) is 5.41 Å². The second-order valence-electron chi connectivity index (χ2n) is 13.3. The van der Waals surface area contributed by atoms with E-state index in [9.17, 15) is 41.0 Å². The fraction of sp³-hybridized carbons (Fsp3) is 0.405. The number of likely N-dealkylation sites (tertiary alicyclic amines) is 1. The first-order valence-electron chi connectivity index (χ1n) is 17.1. The SMILES string of the molecule is N=C(C1=C(NC(c2ccccc2)c2ccccc2)NC(=O)[C@H](O)[C@@H]1C(F)(F)F)C1CCN(c2cc(C(=O)N3CCCCC3)c(C(F)(F)F)cn2)CC1. The van der Waals surface area contributed by atoms with Gasteiger partial charge in [-0.05, 0) is 49.3 Å². The van der Waals surface area contributed by atoms with Crippen molar-refractivity contribution in [2.45, 2.75) is 56.6 Å². The van der Waals surface area contributed by atoms with Crippen LogP contribution in [0.2, 0.25) is 0 Å². The molecule has 6 rings (SSSR count). The molecule has 0 bridgehead atoms. The van der Waals surface area contributed by atoms with Gasteiger partial charge in [-0.15, -0.1) is 0 Å². The van der Waals surface area contributed by atoms with Gasteiger partial charge >= 0.3 is 12.4 Å². The maximum absolute atomic E-state index is 14.7. The molecule has 4 heterocycles. The maximum Gasteiger partial charge on any atom is 0.418 e. The highest BCUT2D eigenvalue weighted by Gasteiger charge is 2.54. The van der Waals surface area contributed by atoms with Crippen LogP contribution in [-0.4, -0.2) is 71.0 Å². The number of aliphatic hydroxyl groups excluding tert-OH is 1. The lowest BCUT2D eigenvalue weighted by atomic mass is 9.78. The molecule has 2 atom stereocenters. The number of carbonyl (C=O) groups excluding carboxylic acids is 2. The lowest BCUT2D eigenvalue weighted by Crippen LogP contribution is -2.55. The number of aliphatic hydroxyl groups is 1. The van der Waals surface area contributed by atoms with Gasteiger partial charge in [0.05, 0.1) is 17.2 Å². The number of nitrogens with one attached hydrogen (secondary N) is 3. The highest BCUT2D eigenvalue weighted by molar-refractivity contribution is 6.04. The average molecular weight is 729 g/mol. The first-order valence-corrected chi connectivity index (χ1v) is 17.1. The van der Waals surface area contributed by atoms with Crippen molar-refractivity contribution in [3.05, 3.63) is 107 Å². The third-order valence-corrected chi connectivity index (χ3v) is 9.91. The molecule has 0 aliphatic carbocycles. The van der Waals surface area contributed by atoms with Gasteiger partial charge in [0.15, 0.2) is 0 Å². The quantitative estimate of drug-likeness (QED) is 0.162. The summed E-state index contributed by atoms with van der Waals surface area (Å²) in [7, 11) is 0. The van der Waals surface area contributed by atoms with Crippen LogP contribution in [0.4, 0.5) is 32.2 Å². The van der Waals surface area contributed by atoms with Crippen molar-refractivity contribution in [3.8, 4) is 0 Å². The normalized spacial score (nSPS) is 20.6. The number of hydrogen-bond donors (Lipinski definition) is 4. The molecule has 15 heteroatoms. The van der Waals surface area contributed by atoms with E-state index in [1.807, 2.05) is 0 Å². The summed E-state index contributed by atoms with van der Waals surface area (Å²) in [4.78, 5) is 33.1. The van der Waals surface area contributed by atoms with Crippen molar-refractivity contribution in [2.24, 2.45) is 11.8 Å². The predicted octanol–water partition coefficient (Wildman–Crippen LogP) is 6.22. The van der Waals surface area contributed by atoms with Crippen LogP contribution in [0, 0.1) is 17.2 Å². The number of hydrogen-bond acceptors (Lipinski definition) is 7. The summed E-state index contributed by atoms with van der Waals surface area (Å²) in [6.07, 6.45) is -9.29. The highest BCUT2D eigenvalue weighted by Crippen LogP contribution is 2.41. The van der Waals surface area contributed by atoms with E-state index in [-0.39, 0.29) is 37.6 Å². The molecule has 1 aromatic heterocycles. The van der Waals surface area contributed by atoms with Crippen LogP contribution in [-0.2, 0) is 11.0 Å². The number of halogens is 6. The smallest absolute Gasteiger partial charge is 0.382 e. The summed E-state index contributed by atoms with van der Waals surface area (Å²) in [5.41, 5.74) is -1.32. The molecule has 9 nitrogen and oxygen atoms in total. The van der Waals surface area contributed by atoms with Gasteiger partial charge < -0.3 is 30.9 Å². The van der Waals surface area contributed by atoms with Crippen LogP contribution in [0.25, 0.3) is 0 Å². The maximum atomic E-state index is 14.7. The van der Waals surface area contributed by atoms with E-state index in [2.05, 4.69) is 15.6 Å². The number of benzene rings is 2. The van der Waals surface area contributed by atoms with Crippen LogP contribution in [0.3, 0.4) is 0 Å². The molecule has 2 amide bonds. The minimum absolute atomic E-state index is 0.112. The molecule has 3 aromatic rings. The number of piperidine rings is 2. The summed E-state index contributed by atoms with van der Waals surface area (Å²) in [5.74, 6) is -5.69. The van der Waals surface area contributed by atoms with Crippen molar-refractivity contribution in [3.63, 3.8) is 0 Å². The average Bonchev–Trinajstić information content (AvgIpc) is 3.14. The van der Waals surface area contributed by atoms with E-state index in [1.54, 1.807) is 65.6 Å². The molecule has 2 saturated heterocycles. The number of rotatable bonds is 8. The Labute approximate surface area is 296 Å². The Balaban J connectivity index is 1.30. The Bertz CT molecular complexity index is 1760. The van der Waals surface area contributed by atoms with Gasteiger partial charge in [0, 0.05) is 49.6 Å². The zero-order valence-corrected chi connectivity index (χ0v) is 28.0. The molecule has 0 radical (unpaired) electrons. The fourth-order valence-electron chi connectivity index (χ4n) is 7.19. The molecule has 52 heavy (non-hydrogen) atoms. The Morgan fingerprint density at radius 2 is 1.48 bits per heavy atom. The summed E-state index contributed by atoms with van der Waals surface area (Å²) < 4.78 is 86.0. The number of alkyl halides is 6. The Hall–Kier alpha value is -4.92. The van der Waals surface area contributed by atoms with Gasteiger partial charge in [0.25, 0.3) is 11.8 Å². The lowest BCUT2D eigenvalue weighted by Gasteiger charge is -2.39. The minimum Gasteiger partial charge on any atom is -0.382 e. The monoisotopic (exact) mass is 728 g/mol. The Morgan fingerprint density at radius 1 is 0.904 bits per heavy atom. The fourth-order valence-corrected chi connectivity index (χ4v) is 7.19. The first kappa shape index (κ1) is 36.9. The lowest BCUT2D eigenvalue weighted by molar-refractivity contribution is -0.192. The van der Waals surface area contributed by atoms with Gasteiger partial charge in [-0.2, -0.15) is 26.3 Å². The molecule has 3 aliphatic rings. The number of amides is 2. The zero-order chi connectivity index (χ0) is 37.2. The van der Waals surface area contributed by atoms with E-state index in [4.69, 9.17) is 5.41 Å². The Kier molecular flexibility index (Phi) is 10.6. The molecule has 2 fully saturated rings. The van der Waals surface area contributed by atoms with E-state index in [1.165, 1.54) is 4.90 Å². The van der Waals surface area contributed by atoms with Crippen LogP contribution >= 0.6 is 0 Å². The second kappa shape index (κ2) is 15.0. The van der Waals surface area contributed by atoms with Crippen LogP contribution in [0.15, 0.2) is 84.3 Å². The van der Waals surface area contributed by atoms with Gasteiger partial charge in [-0.1, -0.05) is 60.7 Å². The number of anilines is 1. The van der Waals surface area contributed by atoms with E-state index in [0.717, 1.165) is 12.5 Å². The van der Waals surface area contributed by atoms with Gasteiger partial charge in [0.1, 0.15) is 23.7 Å². The minimum atomic E-state index is -5.09. The summed E-state index contributed by atoms with van der Waals surface area (Å²) in [6, 6.07) is 18.1. The third kappa shape index (κ3) is 7.78. The largest absolute Gasteiger partial charge is 0.418 e. The molecule has 0 unspecified atom stereocenters. The molecule has 0 saturated carbocycles. The standard InChI is InChI=1S/C37H38F6N6O3/c38-36(39,40)26-21-45-27(20-25(26)35(52)49-16-8-3-9-17-49)48-18-14-22(15-19-48)30(44)28-29(37(41,42)43)32(50)34(51)47-33(28)46-31(23-10-4-1-5-11-23)24-12-6-2-7-13-24/h1-2,4-7,10-13,20-22,29,31-32,44,46,50H,3,8-9,14-19H2,(H,47,51)/t29-,32-/m1/s1. The van der Waals surface area contributed by atoms with Gasteiger partial charge in [-0.25, -0.2) is 4.98 Å². The van der Waals surface area contributed by atoms with Crippen molar-refractivity contribution >= 4 is 23.3 Å². The molecule has 2 aromatic carbocycles. The van der Waals surface area contributed by atoms with Crippen molar-refractivity contribution in [1.82, 2.24) is 20.5 Å². The van der Waals surface area contributed by atoms with Gasteiger partial charge in [0.2, 0.25) is 0 Å². The van der Waals surface area contributed by atoms with E-state index in [0.29, 0.717) is 43.3 Å². The Morgan fingerprint density at radius 3 is 2.02 bits per heavy atom. The highest BCUT2D eigenvalue weighted by atomic mass is 19.4. The van der Waals surface area contributed by atoms with Crippen LogP contribution in [0.5, 0.6) is 0 Å². The van der Waals surface area contributed by atoms with E-state index < -0.39 is 70.6 Å². The predicted molar refractivity (Wildman–Crippen MR) is 180 cm³/mol. The zero-order valence-electron chi connectivity index (χ0n) is 28.0. The number of aromatic nitrogens is 1. The molecule has 276 valence electrons. The summed E-state index contributed by atoms with van der Waals surface area (Å²) >= 11 is 0. The third-order valence-electron chi connectivity index (χ3n) is 9.91.